The smallest absolute Gasteiger partial charge is 0.0720 e. The third-order valence-corrected chi connectivity index (χ3v) is 3.08. The van der Waals surface area contributed by atoms with Crippen molar-refractivity contribution in [3.8, 4) is 0 Å². The summed E-state index contributed by atoms with van der Waals surface area (Å²) in [4.78, 5) is 0. The Morgan fingerprint density at radius 3 is 2.83 bits per heavy atom. The summed E-state index contributed by atoms with van der Waals surface area (Å²) in [7, 11) is 0. The fraction of sp³-hybridized carbons (Fsp3) is 0.455. The van der Waals surface area contributed by atoms with E-state index in [0.29, 0.717) is 5.41 Å². The molecule has 1 aliphatic carbocycles. The first-order valence-corrected chi connectivity index (χ1v) is 4.57. The molecule has 0 radical (unpaired) electrons. The van der Waals surface area contributed by atoms with E-state index in [1.165, 1.54) is 18.4 Å². The first-order chi connectivity index (χ1) is 5.91. The van der Waals surface area contributed by atoms with Crippen molar-refractivity contribution in [3.05, 3.63) is 35.4 Å². The summed E-state index contributed by atoms with van der Waals surface area (Å²) in [6, 6.07) is 8.70. The minimum atomic E-state index is 0.439. The summed E-state index contributed by atoms with van der Waals surface area (Å²) in [5.74, 6) is 0. The molecule has 1 aliphatic heterocycles. The Labute approximate surface area is 72.4 Å². The Bertz CT molecular complexity index is 313. The molecule has 1 saturated carbocycles. The minimum Gasteiger partial charge on any atom is -0.376 e. The standard InChI is InChI=1S/C11H12O/c1-2-4-10-9(3-1)7-12-8-11(10)5-6-11/h1-4H,5-8H2. The average molecular weight is 160 g/mol. The normalized spacial score (nSPS) is 23.7. The van der Waals surface area contributed by atoms with Gasteiger partial charge < -0.3 is 4.74 Å². The zero-order chi connectivity index (χ0) is 8.02. The molecule has 0 unspecified atom stereocenters. The Morgan fingerprint density at radius 1 is 1.17 bits per heavy atom. The van der Waals surface area contributed by atoms with E-state index in [1.807, 2.05) is 0 Å². The third-order valence-electron chi connectivity index (χ3n) is 3.08. The summed E-state index contributed by atoms with van der Waals surface area (Å²) < 4.78 is 5.57. The van der Waals surface area contributed by atoms with Gasteiger partial charge in [-0.15, -0.1) is 0 Å². The van der Waals surface area contributed by atoms with Crippen molar-refractivity contribution in [2.24, 2.45) is 0 Å². The predicted octanol–water partition coefficient (Wildman–Crippen LogP) is 2.25. The molecule has 0 amide bonds. The lowest BCUT2D eigenvalue weighted by molar-refractivity contribution is 0.0838. The molecule has 1 nitrogen and oxygen atoms in total. The van der Waals surface area contributed by atoms with E-state index in [9.17, 15) is 0 Å². The largest absolute Gasteiger partial charge is 0.376 e. The summed E-state index contributed by atoms with van der Waals surface area (Å²) >= 11 is 0. The fourth-order valence-electron chi connectivity index (χ4n) is 2.16. The van der Waals surface area contributed by atoms with E-state index >= 15 is 0 Å². The SMILES string of the molecule is c1ccc2c(c1)COCC21CC1. The van der Waals surface area contributed by atoms with Gasteiger partial charge in [0.1, 0.15) is 0 Å². The quantitative estimate of drug-likeness (QED) is 0.565. The van der Waals surface area contributed by atoms with Crippen LogP contribution in [0.1, 0.15) is 24.0 Å². The minimum absolute atomic E-state index is 0.439. The first kappa shape index (κ1) is 6.67. The Balaban J connectivity index is 2.16. The molecular weight excluding hydrogens is 148 g/mol. The summed E-state index contributed by atoms with van der Waals surface area (Å²) in [5, 5.41) is 0. The Morgan fingerprint density at radius 2 is 2.00 bits per heavy atom. The van der Waals surface area contributed by atoms with Crippen molar-refractivity contribution in [1.82, 2.24) is 0 Å². The number of ether oxygens (including phenoxy) is 1. The summed E-state index contributed by atoms with van der Waals surface area (Å²) in [6.07, 6.45) is 2.65. The Hall–Kier alpha value is -0.820. The maximum Gasteiger partial charge on any atom is 0.0720 e. The van der Waals surface area contributed by atoms with Crippen LogP contribution in [-0.2, 0) is 16.8 Å². The van der Waals surface area contributed by atoms with Crippen LogP contribution in [0.25, 0.3) is 0 Å². The van der Waals surface area contributed by atoms with Crippen molar-refractivity contribution < 1.29 is 4.74 Å². The van der Waals surface area contributed by atoms with E-state index in [-0.39, 0.29) is 0 Å². The van der Waals surface area contributed by atoms with Crippen molar-refractivity contribution in [3.63, 3.8) is 0 Å². The van der Waals surface area contributed by atoms with Crippen LogP contribution in [0.2, 0.25) is 0 Å². The lowest BCUT2D eigenvalue weighted by atomic mass is 9.90. The van der Waals surface area contributed by atoms with E-state index in [0.717, 1.165) is 13.2 Å². The van der Waals surface area contributed by atoms with Gasteiger partial charge in [0.05, 0.1) is 13.2 Å². The van der Waals surface area contributed by atoms with Gasteiger partial charge in [-0.1, -0.05) is 24.3 Å². The molecule has 12 heavy (non-hydrogen) atoms. The Kier molecular flexibility index (Phi) is 1.17. The monoisotopic (exact) mass is 160 g/mol. The van der Waals surface area contributed by atoms with E-state index in [4.69, 9.17) is 4.74 Å². The highest BCUT2D eigenvalue weighted by atomic mass is 16.5. The van der Waals surface area contributed by atoms with Crippen LogP contribution in [0.15, 0.2) is 24.3 Å². The van der Waals surface area contributed by atoms with Crippen LogP contribution >= 0.6 is 0 Å². The van der Waals surface area contributed by atoms with Gasteiger partial charge in [0, 0.05) is 5.41 Å². The van der Waals surface area contributed by atoms with Crippen LogP contribution < -0.4 is 0 Å². The third kappa shape index (κ3) is 0.774. The molecule has 1 spiro atoms. The van der Waals surface area contributed by atoms with Gasteiger partial charge in [0.15, 0.2) is 0 Å². The van der Waals surface area contributed by atoms with Crippen molar-refractivity contribution in [2.75, 3.05) is 6.61 Å². The zero-order valence-corrected chi connectivity index (χ0v) is 7.05. The summed E-state index contributed by atoms with van der Waals surface area (Å²) in [5.41, 5.74) is 3.40. The molecule has 0 saturated heterocycles. The number of hydrogen-bond acceptors (Lipinski definition) is 1. The molecule has 0 atom stereocenters. The predicted molar refractivity (Wildman–Crippen MR) is 47.0 cm³/mol. The highest BCUT2D eigenvalue weighted by Gasteiger charge is 2.47. The van der Waals surface area contributed by atoms with E-state index < -0.39 is 0 Å². The van der Waals surface area contributed by atoms with Crippen LogP contribution in [0.5, 0.6) is 0 Å². The lowest BCUT2D eigenvalue weighted by Crippen LogP contribution is -2.22. The molecule has 3 rings (SSSR count). The molecular formula is C11H12O. The second-order valence-corrected chi connectivity index (χ2v) is 3.93. The zero-order valence-electron chi connectivity index (χ0n) is 7.05. The van der Waals surface area contributed by atoms with Crippen LogP contribution in [0.3, 0.4) is 0 Å². The first-order valence-electron chi connectivity index (χ1n) is 4.57. The van der Waals surface area contributed by atoms with Crippen LogP contribution in [0, 0.1) is 0 Å². The van der Waals surface area contributed by atoms with Gasteiger partial charge in [-0.2, -0.15) is 0 Å². The maximum atomic E-state index is 5.57. The molecule has 1 aromatic rings. The second kappa shape index (κ2) is 2.11. The van der Waals surface area contributed by atoms with Gasteiger partial charge in [-0.05, 0) is 24.0 Å². The van der Waals surface area contributed by atoms with Gasteiger partial charge in [-0.3, -0.25) is 0 Å². The van der Waals surface area contributed by atoms with Gasteiger partial charge in [0.2, 0.25) is 0 Å². The highest BCUT2D eigenvalue weighted by molar-refractivity contribution is 5.39. The second-order valence-electron chi connectivity index (χ2n) is 3.93. The van der Waals surface area contributed by atoms with Crippen molar-refractivity contribution in [2.45, 2.75) is 24.9 Å². The summed E-state index contributed by atoms with van der Waals surface area (Å²) in [6.45, 7) is 1.77. The highest BCUT2D eigenvalue weighted by Crippen LogP contribution is 2.51. The molecule has 1 aromatic carbocycles. The number of fused-ring (bicyclic) bond motifs is 2. The average Bonchev–Trinajstić information content (AvgIpc) is 2.87. The molecule has 62 valence electrons. The van der Waals surface area contributed by atoms with E-state index in [2.05, 4.69) is 24.3 Å². The van der Waals surface area contributed by atoms with Gasteiger partial charge in [0.25, 0.3) is 0 Å². The van der Waals surface area contributed by atoms with E-state index in [1.54, 1.807) is 5.56 Å². The topological polar surface area (TPSA) is 9.23 Å². The number of hydrogen-bond donors (Lipinski definition) is 0. The van der Waals surface area contributed by atoms with Gasteiger partial charge >= 0.3 is 0 Å². The molecule has 2 aliphatic rings. The molecule has 0 aromatic heterocycles. The van der Waals surface area contributed by atoms with Crippen LogP contribution in [-0.4, -0.2) is 6.61 Å². The molecule has 0 bridgehead atoms. The molecule has 1 heterocycles. The lowest BCUT2D eigenvalue weighted by Gasteiger charge is -2.25. The number of benzene rings is 1. The maximum absolute atomic E-state index is 5.57. The molecule has 1 fully saturated rings. The number of rotatable bonds is 0. The van der Waals surface area contributed by atoms with Crippen LogP contribution in [0.4, 0.5) is 0 Å². The van der Waals surface area contributed by atoms with Crippen molar-refractivity contribution >= 4 is 0 Å². The van der Waals surface area contributed by atoms with Gasteiger partial charge in [-0.25, -0.2) is 0 Å². The molecule has 0 N–H and O–H groups in total. The fourth-order valence-corrected chi connectivity index (χ4v) is 2.16. The van der Waals surface area contributed by atoms with Crippen molar-refractivity contribution in [1.29, 1.82) is 0 Å². The molecule has 1 heteroatoms.